The number of nitrogens with zero attached hydrogens (tertiary/aromatic N) is 1. The summed E-state index contributed by atoms with van der Waals surface area (Å²) < 4.78 is 38.9. The minimum atomic E-state index is -4.90. The van der Waals surface area contributed by atoms with E-state index in [-0.39, 0.29) is 11.8 Å². The summed E-state index contributed by atoms with van der Waals surface area (Å²) in [6.07, 6.45) is -4.20. The number of amides is 2. The van der Waals surface area contributed by atoms with Crippen LogP contribution in [0.5, 0.6) is 0 Å². The Kier molecular flexibility index (Phi) is 4.84. The van der Waals surface area contributed by atoms with E-state index in [4.69, 9.17) is 0 Å². The first-order valence-corrected chi connectivity index (χ1v) is 9.89. The number of carbonyl (C=O) groups excluding carboxylic acids is 2. The number of hydrogen-bond acceptors (Lipinski definition) is 2. The van der Waals surface area contributed by atoms with Gasteiger partial charge in [0.05, 0.1) is 0 Å². The van der Waals surface area contributed by atoms with E-state index in [9.17, 15) is 22.8 Å². The molecule has 146 valence electrons. The Balaban J connectivity index is 1.64. The minimum absolute atomic E-state index is 0.0975. The standard InChI is InChI=1S/C20H16F3IN2O2/c21-20(22,23)19(28)25-13-8-12-10-26(18(27)11-4-2-1-3-5-11)16-7-6-15(24)14(9-13)17(12)16/h1-7,12-13H,8-10H2,(H,25,28)/t12?,13-/m0/s1. The van der Waals surface area contributed by atoms with Gasteiger partial charge in [-0.05, 0) is 70.8 Å². The zero-order chi connectivity index (χ0) is 20.1. The van der Waals surface area contributed by atoms with Crippen LogP contribution in [0, 0.1) is 3.57 Å². The summed E-state index contributed by atoms with van der Waals surface area (Å²) in [4.78, 5) is 26.1. The Bertz CT molecular complexity index is 946. The van der Waals surface area contributed by atoms with Crippen molar-refractivity contribution in [2.24, 2.45) is 0 Å². The Labute approximate surface area is 173 Å². The van der Waals surface area contributed by atoms with Crippen LogP contribution >= 0.6 is 22.6 Å². The first-order chi connectivity index (χ1) is 13.3. The Morgan fingerprint density at radius 3 is 2.50 bits per heavy atom. The molecule has 0 saturated carbocycles. The molecule has 0 fully saturated rings. The zero-order valence-corrected chi connectivity index (χ0v) is 16.8. The van der Waals surface area contributed by atoms with Crippen molar-refractivity contribution in [3.8, 4) is 0 Å². The monoisotopic (exact) mass is 500 g/mol. The van der Waals surface area contributed by atoms with Crippen LogP contribution in [0.4, 0.5) is 18.9 Å². The van der Waals surface area contributed by atoms with Crippen molar-refractivity contribution in [3.05, 3.63) is 62.7 Å². The summed E-state index contributed by atoms with van der Waals surface area (Å²) in [6, 6.07) is 12.1. The van der Waals surface area contributed by atoms with Crippen LogP contribution in [0.2, 0.25) is 0 Å². The van der Waals surface area contributed by atoms with E-state index in [2.05, 4.69) is 27.9 Å². The van der Waals surface area contributed by atoms with Gasteiger partial charge in [0.25, 0.3) is 5.91 Å². The van der Waals surface area contributed by atoms with E-state index in [0.717, 1.165) is 20.4 Å². The molecule has 1 aliphatic heterocycles. The first kappa shape index (κ1) is 19.2. The number of halogens is 4. The van der Waals surface area contributed by atoms with Gasteiger partial charge in [-0.25, -0.2) is 0 Å². The zero-order valence-electron chi connectivity index (χ0n) is 14.6. The maximum atomic E-state index is 13.0. The fraction of sp³-hybridized carbons (Fsp3) is 0.300. The maximum absolute atomic E-state index is 13.0. The molecular weight excluding hydrogens is 484 g/mol. The molecule has 1 unspecified atom stereocenters. The average Bonchev–Trinajstić information content (AvgIpc) is 3.03. The highest BCUT2D eigenvalue weighted by molar-refractivity contribution is 14.1. The SMILES string of the molecule is O=C(c1ccccc1)N1CC2C[C@H](NC(=O)C(F)(F)F)Cc3c(I)ccc1c32. The molecule has 0 bridgehead atoms. The highest BCUT2D eigenvalue weighted by Crippen LogP contribution is 2.46. The minimum Gasteiger partial charge on any atom is -0.345 e. The fourth-order valence-corrected chi connectivity index (χ4v) is 4.80. The van der Waals surface area contributed by atoms with Gasteiger partial charge in [-0.1, -0.05) is 18.2 Å². The summed E-state index contributed by atoms with van der Waals surface area (Å²) in [6.45, 7) is 0.397. The second-order valence-corrected chi connectivity index (χ2v) is 8.21. The number of rotatable bonds is 2. The van der Waals surface area contributed by atoms with E-state index in [1.54, 1.807) is 29.2 Å². The third kappa shape index (κ3) is 3.38. The van der Waals surface area contributed by atoms with Crippen molar-refractivity contribution >= 4 is 40.1 Å². The van der Waals surface area contributed by atoms with Crippen molar-refractivity contribution in [1.29, 1.82) is 0 Å². The normalized spacial score (nSPS) is 20.6. The van der Waals surface area contributed by atoms with Gasteiger partial charge in [0.2, 0.25) is 0 Å². The maximum Gasteiger partial charge on any atom is 0.471 e. The van der Waals surface area contributed by atoms with Crippen molar-refractivity contribution in [3.63, 3.8) is 0 Å². The molecule has 4 nitrogen and oxygen atoms in total. The average molecular weight is 500 g/mol. The lowest BCUT2D eigenvalue weighted by molar-refractivity contribution is -0.174. The topological polar surface area (TPSA) is 49.4 Å². The molecule has 2 aromatic carbocycles. The molecule has 4 rings (SSSR count). The Hall–Kier alpha value is -2.10. The number of nitrogens with one attached hydrogen (secondary N) is 1. The van der Waals surface area contributed by atoms with Crippen LogP contribution < -0.4 is 10.2 Å². The van der Waals surface area contributed by atoms with Crippen LogP contribution in [-0.2, 0) is 11.2 Å². The molecule has 8 heteroatoms. The fourth-order valence-electron chi connectivity index (χ4n) is 4.11. The molecule has 2 aliphatic rings. The van der Waals surface area contributed by atoms with Gasteiger partial charge in [-0.15, -0.1) is 0 Å². The lowest BCUT2D eigenvalue weighted by Gasteiger charge is -2.30. The predicted molar refractivity (Wildman–Crippen MR) is 106 cm³/mol. The Morgan fingerprint density at radius 1 is 1.11 bits per heavy atom. The molecule has 0 spiro atoms. The number of benzene rings is 2. The van der Waals surface area contributed by atoms with Crippen molar-refractivity contribution < 1.29 is 22.8 Å². The molecule has 1 aliphatic carbocycles. The summed E-state index contributed by atoms with van der Waals surface area (Å²) in [5.74, 6) is -2.14. The number of anilines is 1. The Morgan fingerprint density at radius 2 is 1.82 bits per heavy atom. The lowest BCUT2D eigenvalue weighted by atomic mass is 9.81. The van der Waals surface area contributed by atoms with Crippen LogP contribution in [-0.4, -0.2) is 30.6 Å². The summed E-state index contributed by atoms with van der Waals surface area (Å²) in [7, 11) is 0. The quantitative estimate of drug-likeness (QED) is 0.634. The van der Waals surface area contributed by atoms with Gasteiger partial charge in [-0.2, -0.15) is 13.2 Å². The molecule has 28 heavy (non-hydrogen) atoms. The highest BCUT2D eigenvalue weighted by atomic mass is 127. The number of carbonyl (C=O) groups is 2. The van der Waals surface area contributed by atoms with Gasteiger partial charge in [-0.3, -0.25) is 9.59 Å². The molecule has 2 aromatic rings. The molecule has 2 amide bonds. The largest absolute Gasteiger partial charge is 0.471 e. The lowest BCUT2D eigenvalue weighted by Crippen LogP contribution is -2.46. The van der Waals surface area contributed by atoms with Gasteiger partial charge in [0, 0.05) is 33.3 Å². The second-order valence-electron chi connectivity index (χ2n) is 7.05. The summed E-state index contributed by atoms with van der Waals surface area (Å²) in [5.41, 5.74) is 3.32. The third-order valence-electron chi connectivity index (χ3n) is 5.26. The van der Waals surface area contributed by atoms with Crippen LogP contribution in [0.15, 0.2) is 42.5 Å². The van der Waals surface area contributed by atoms with E-state index < -0.39 is 18.1 Å². The first-order valence-electron chi connectivity index (χ1n) is 8.81. The van der Waals surface area contributed by atoms with E-state index in [0.29, 0.717) is 24.9 Å². The molecule has 1 heterocycles. The van der Waals surface area contributed by atoms with E-state index in [1.807, 2.05) is 18.2 Å². The summed E-state index contributed by atoms with van der Waals surface area (Å²) >= 11 is 2.16. The molecule has 0 aromatic heterocycles. The predicted octanol–water partition coefficient (Wildman–Crippen LogP) is 4.03. The molecule has 0 radical (unpaired) electrons. The molecule has 0 saturated heterocycles. The highest BCUT2D eigenvalue weighted by Gasteiger charge is 2.43. The molecular formula is C20H16F3IN2O2. The molecule has 2 atom stereocenters. The number of hydrogen-bond donors (Lipinski definition) is 1. The van der Waals surface area contributed by atoms with Crippen LogP contribution in [0.1, 0.15) is 33.8 Å². The van der Waals surface area contributed by atoms with Crippen molar-refractivity contribution in [1.82, 2.24) is 5.32 Å². The summed E-state index contributed by atoms with van der Waals surface area (Å²) in [5, 5.41) is 2.12. The van der Waals surface area contributed by atoms with Gasteiger partial charge < -0.3 is 10.2 Å². The van der Waals surface area contributed by atoms with Crippen molar-refractivity contribution in [2.45, 2.75) is 31.0 Å². The smallest absolute Gasteiger partial charge is 0.345 e. The second kappa shape index (κ2) is 7.06. The van der Waals surface area contributed by atoms with E-state index >= 15 is 0 Å². The van der Waals surface area contributed by atoms with E-state index in [1.165, 1.54) is 0 Å². The third-order valence-corrected chi connectivity index (χ3v) is 6.27. The molecule has 1 N–H and O–H groups in total. The van der Waals surface area contributed by atoms with Crippen LogP contribution in [0.25, 0.3) is 0 Å². The van der Waals surface area contributed by atoms with Crippen molar-refractivity contribution in [2.75, 3.05) is 11.4 Å². The van der Waals surface area contributed by atoms with Gasteiger partial charge in [0.15, 0.2) is 0 Å². The van der Waals surface area contributed by atoms with Crippen LogP contribution in [0.3, 0.4) is 0 Å². The van der Waals surface area contributed by atoms with Gasteiger partial charge in [0.1, 0.15) is 0 Å². The number of alkyl halides is 3. The van der Waals surface area contributed by atoms with Gasteiger partial charge >= 0.3 is 12.1 Å².